The number of guanidine groups is 1. The van der Waals surface area contributed by atoms with E-state index in [9.17, 15) is 35.9 Å². The largest absolute Gasteiger partial charge is 0.416 e. The number of carbonyl (C=O) groups excluding carboxylic acids is 2. The summed E-state index contributed by atoms with van der Waals surface area (Å²) in [6.07, 6.45) is -10.1. The number of piperazine rings is 1. The van der Waals surface area contributed by atoms with Crippen LogP contribution in [0.4, 0.5) is 26.3 Å². The summed E-state index contributed by atoms with van der Waals surface area (Å²) in [4.78, 5) is 37.2. The van der Waals surface area contributed by atoms with E-state index in [1.54, 1.807) is 48.5 Å². The zero-order valence-corrected chi connectivity index (χ0v) is 27.8. The highest BCUT2D eigenvalue weighted by atomic mass is 19.4. The zero-order valence-electron chi connectivity index (χ0n) is 27.8. The number of amides is 2. The molecule has 4 aromatic rings. The molecule has 0 unspecified atom stereocenters. The molecule has 1 fully saturated rings. The predicted molar refractivity (Wildman–Crippen MR) is 182 cm³/mol. The Bertz CT molecular complexity index is 1760. The molecular weight excluding hydrogens is 672 g/mol. The quantitative estimate of drug-likeness (QED) is 0.115. The molecule has 2 amide bonds. The van der Waals surface area contributed by atoms with Crippen LogP contribution in [0.15, 0.2) is 114 Å². The molecule has 13 heteroatoms. The second kappa shape index (κ2) is 16.2. The number of carbonyl (C=O) groups is 2. The van der Waals surface area contributed by atoms with Crippen molar-refractivity contribution in [1.82, 2.24) is 20.0 Å². The minimum Gasteiger partial charge on any atom is -0.344 e. The van der Waals surface area contributed by atoms with Crippen LogP contribution in [0, 0.1) is 0 Å². The van der Waals surface area contributed by atoms with E-state index in [-0.39, 0.29) is 36.4 Å². The molecular formula is C38H37F6N5O2. The van der Waals surface area contributed by atoms with Crippen LogP contribution in [0.3, 0.4) is 0 Å². The summed E-state index contributed by atoms with van der Waals surface area (Å²) in [5, 5.41) is 2.95. The number of alkyl halides is 6. The van der Waals surface area contributed by atoms with Crippen molar-refractivity contribution >= 4 is 17.8 Å². The fourth-order valence-electron chi connectivity index (χ4n) is 5.85. The molecule has 0 spiro atoms. The molecule has 51 heavy (non-hydrogen) atoms. The van der Waals surface area contributed by atoms with E-state index in [4.69, 9.17) is 4.99 Å². The van der Waals surface area contributed by atoms with Gasteiger partial charge >= 0.3 is 12.4 Å². The topological polar surface area (TPSA) is 68.2 Å². The summed E-state index contributed by atoms with van der Waals surface area (Å²) in [6, 6.07) is 28.1. The summed E-state index contributed by atoms with van der Waals surface area (Å²) in [5.41, 5.74) is -0.847. The van der Waals surface area contributed by atoms with Crippen molar-refractivity contribution in [1.29, 1.82) is 0 Å². The molecule has 7 nitrogen and oxygen atoms in total. The molecule has 1 aliphatic heterocycles. The molecule has 1 heterocycles. The Morgan fingerprint density at radius 3 is 1.82 bits per heavy atom. The van der Waals surface area contributed by atoms with Gasteiger partial charge in [0.25, 0.3) is 5.91 Å². The predicted octanol–water partition coefficient (Wildman–Crippen LogP) is 7.07. The van der Waals surface area contributed by atoms with Crippen LogP contribution in [0.2, 0.25) is 0 Å². The Morgan fingerprint density at radius 1 is 0.745 bits per heavy atom. The number of nitrogens with one attached hydrogen (secondary N) is 1. The van der Waals surface area contributed by atoms with Crippen molar-refractivity contribution < 1.29 is 35.9 Å². The first-order chi connectivity index (χ1) is 24.3. The van der Waals surface area contributed by atoms with Gasteiger partial charge in [0, 0.05) is 45.3 Å². The molecule has 0 saturated carbocycles. The first kappa shape index (κ1) is 37.1. The summed E-state index contributed by atoms with van der Waals surface area (Å²) < 4.78 is 80.6. The molecule has 0 aliphatic carbocycles. The number of halogens is 6. The van der Waals surface area contributed by atoms with Crippen molar-refractivity contribution in [2.45, 2.75) is 31.4 Å². The number of aliphatic imine (C=N–C) groups is 1. The Morgan fingerprint density at radius 2 is 1.27 bits per heavy atom. The van der Waals surface area contributed by atoms with E-state index in [2.05, 4.69) is 5.32 Å². The van der Waals surface area contributed by atoms with Crippen LogP contribution >= 0.6 is 0 Å². The van der Waals surface area contributed by atoms with Crippen molar-refractivity contribution in [2.75, 3.05) is 39.8 Å². The lowest BCUT2D eigenvalue weighted by atomic mass is 10.0. The number of likely N-dealkylation sites (N-methyl/N-ethyl adjacent to an activating group) is 1. The highest BCUT2D eigenvalue weighted by molar-refractivity contribution is 6.05. The van der Waals surface area contributed by atoms with Crippen molar-refractivity contribution in [2.24, 2.45) is 4.99 Å². The average Bonchev–Trinajstić information content (AvgIpc) is 3.13. The van der Waals surface area contributed by atoms with E-state index in [1.807, 2.05) is 52.3 Å². The minimum atomic E-state index is -4.96. The summed E-state index contributed by atoms with van der Waals surface area (Å²) in [6.45, 7) is 1.84. The van der Waals surface area contributed by atoms with Gasteiger partial charge in [-0.05, 0) is 53.4 Å². The van der Waals surface area contributed by atoms with Gasteiger partial charge < -0.3 is 9.80 Å². The summed E-state index contributed by atoms with van der Waals surface area (Å²) in [7, 11) is 1.49. The van der Waals surface area contributed by atoms with Crippen LogP contribution in [0.5, 0.6) is 0 Å². The molecule has 4 aromatic carbocycles. The SMILES string of the molecule is CN(CCc1cc(C(F)(F)F)cc(C(F)(F)F)c1)C(=O)[C@H](c1ccccc1)N1CCN(C(=NCc2ccccc2)NC(=O)c2ccccc2)CC1. The molecule has 1 atom stereocenters. The van der Waals surface area contributed by atoms with Crippen LogP contribution < -0.4 is 5.32 Å². The lowest BCUT2D eigenvalue weighted by Crippen LogP contribution is -2.55. The van der Waals surface area contributed by atoms with E-state index >= 15 is 0 Å². The minimum absolute atomic E-state index is 0.0916. The van der Waals surface area contributed by atoms with Gasteiger partial charge in [-0.15, -0.1) is 0 Å². The Hall–Kier alpha value is -5.17. The number of hydrogen-bond acceptors (Lipinski definition) is 4. The maximum atomic E-state index is 14.0. The van der Waals surface area contributed by atoms with Gasteiger partial charge in [0.05, 0.1) is 17.7 Å². The molecule has 1 saturated heterocycles. The van der Waals surface area contributed by atoms with Gasteiger partial charge in [0.15, 0.2) is 0 Å². The lowest BCUT2D eigenvalue weighted by molar-refractivity contribution is -0.143. The Kier molecular flexibility index (Phi) is 11.8. The van der Waals surface area contributed by atoms with Crippen LogP contribution in [-0.2, 0) is 30.1 Å². The van der Waals surface area contributed by atoms with E-state index in [0.717, 1.165) is 5.56 Å². The maximum absolute atomic E-state index is 14.0. The standard InChI is InChI=1S/C38H37F6N5O2/c1-47(18-17-28-23-31(37(39,40)41)25-32(24-28)38(42,43)44)35(51)33(29-13-7-3-8-14-29)48-19-21-49(22-20-48)36(45-26-27-11-5-2-6-12-27)46-34(50)30-15-9-4-10-16-30/h2-16,23-25,33H,17-22,26H2,1H3,(H,45,46,50)/t33-/m0/s1. The van der Waals surface area contributed by atoms with Crippen LogP contribution in [0.1, 0.15) is 44.2 Å². The molecule has 1 N–H and O–H groups in total. The average molecular weight is 710 g/mol. The van der Waals surface area contributed by atoms with Gasteiger partial charge in [0.2, 0.25) is 11.9 Å². The summed E-state index contributed by atoms with van der Waals surface area (Å²) >= 11 is 0. The van der Waals surface area contributed by atoms with Crippen LogP contribution in [0.25, 0.3) is 0 Å². The number of rotatable bonds is 9. The number of hydrogen-bond donors (Lipinski definition) is 1. The lowest BCUT2D eigenvalue weighted by Gasteiger charge is -2.40. The third-order valence-corrected chi connectivity index (χ3v) is 8.60. The third-order valence-electron chi connectivity index (χ3n) is 8.60. The number of nitrogens with zero attached hydrogens (tertiary/aromatic N) is 4. The first-order valence-corrected chi connectivity index (χ1v) is 16.3. The highest BCUT2D eigenvalue weighted by Gasteiger charge is 2.37. The molecule has 0 radical (unpaired) electrons. The molecule has 0 bridgehead atoms. The Labute approximate surface area is 292 Å². The first-order valence-electron chi connectivity index (χ1n) is 16.3. The monoisotopic (exact) mass is 709 g/mol. The zero-order chi connectivity index (χ0) is 36.6. The normalized spacial score (nSPS) is 15.0. The fourth-order valence-corrected chi connectivity index (χ4v) is 5.85. The van der Waals surface area contributed by atoms with Gasteiger partial charge in [0.1, 0.15) is 6.04 Å². The van der Waals surface area contributed by atoms with Gasteiger partial charge in [-0.1, -0.05) is 78.9 Å². The second-order valence-electron chi connectivity index (χ2n) is 12.2. The van der Waals surface area contributed by atoms with E-state index < -0.39 is 29.5 Å². The maximum Gasteiger partial charge on any atom is 0.416 e. The number of benzene rings is 4. The summed E-state index contributed by atoms with van der Waals surface area (Å²) in [5.74, 6) is -0.272. The van der Waals surface area contributed by atoms with Crippen LogP contribution in [-0.4, -0.2) is 72.2 Å². The van der Waals surface area contributed by atoms with Gasteiger partial charge in [-0.25, -0.2) is 4.99 Å². The molecule has 5 rings (SSSR count). The van der Waals surface area contributed by atoms with Gasteiger partial charge in [-0.2, -0.15) is 26.3 Å². The molecule has 268 valence electrons. The van der Waals surface area contributed by atoms with Crippen molar-refractivity contribution in [3.8, 4) is 0 Å². The van der Waals surface area contributed by atoms with Crippen molar-refractivity contribution in [3.63, 3.8) is 0 Å². The highest BCUT2D eigenvalue weighted by Crippen LogP contribution is 2.36. The molecule has 0 aromatic heterocycles. The van der Waals surface area contributed by atoms with Crippen molar-refractivity contribution in [3.05, 3.63) is 143 Å². The Balaban J connectivity index is 1.32. The fraction of sp³-hybridized carbons (Fsp3) is 0.289. The second-order valence-corrected chi connectivity index (χ2v) is 12.2. The van der Waals surface area contributed by atoms with Gasteiger partial charge in [-0.3, -0.25) is 19.8 Å². The molecule has 1 aliphatic rings. The smallest absolute Gasteiger partial charge is 0.344 e. The van der Waals surface area contributed by atoms with E-state index in [0.29, 0.717) is 61.9 Å². The third kappa shape index (κ3) is 9.97. The van der Waals surface area contributed by atoms with E-state index in [1.165, 1.54) is 11.9 Å².